The van der Waals surface area contributed by atoms with E-state index in [1.807, 2.05) is 13.0 Å². The molecule has 0 saturated heterocycles. The molecular formula is C20H30O2. The van der Waals surface area contributed by atoms with Crippen LogP contribution < -0.4 is 0 Å². The van der Waals surface area contributed by atoms with E-state index in [9.17, 15) is 9.90 Å². The summed E-state index contributed by atoms with van der Waals surface area (Å²) in [5, 5.41) is 9.81. The molecule has 0 amide bonds. The molecule has 2 fully saturated rings. The third-order valence-electron chi connectivity index (χ3n) is 6.51. The van der Waals surface area contributed by atoms with Crippen LogP contribution in [0.1, 0.15) is 59.3 Å². The molecule has 4 atom stereocenters. The lowest BCUT2D eigenvalue weighted by atomic mass is 9.46. The van der Waals surface area contributed by atoms with Crippen LogP contribution in [0.15, 0.2) is 36.5 Å². The highest BCUT2D eigenvalue weighted by Gasteiger charge is 2.57. The van der Waals surface area contributed by atoms with Crippen LogP contribution in [0, 0.1) is 22.7 Å². The van der Waals surface area contributed by atoms with Gasteiger partial charge in [0.05, 0.1) is 5.41 Å². The van der Waals surface area contributed by atoms with Gasteiger partial charge in [0.1, 0.15) is 0 Å². The number of fused-ring (bicyclic) bond motifs is 1. The van der Waals surface area contributed by atoms with Gasteiger partial charge in [0.25, 0.3) is 0 Å². The number of hydrogen-bond acceptors (Lipinski definition) is 1. The second-order valence-corrected chi connectivity index (χ2v) is 7.77. The van der Waals surface area contributed by atoms with Crippen molar-refractivity contribution >= 4 is 5.97 Å². The largest absolute Gasteiger partial charge is 0.481 e. The zero-order valence-corrected chi connectivity index (χ0v) is 14.3. The van der Waals surface area contributed by atoms with Gasteiger partial charge in [0.2, 0.25) is 0 Å². The molecule has 1 N–H and O–H groups in total. The van der Waals surface area contributed by atoms with Crippen LogP contribution in [0.2, 0.25) is 0 Å². The maximum absolute atomic E-state index is 11.9. The van der Waals surface area contributed by atoms with Gasteiger partial charge in [-0.05, 0) is 63.2 Å². The van der Waals surface area contributed by atoms with E-state index in [0.717, 1.165) is 38.5 Å². The molecule has 2 aliphatic carbocycles. The zero-order valence-electron chi connectivity index (χ0n) is 14.3. The summed E-state index contributed by atoms with van der Waals surface area (Å²) in [5.41, 5.74) is 1.97. The van der Waals surface area contributed by atoms with Crippen molar-refractivity contribution in [2.75, 3.05) is 0 Å². The van der Waals surface area contributed by atoms with Crippen molar-refractivity contribution in [3.8, 4) is 0 Å². The fraction of sp³-hybridized carbons (Fsp3) is 0.650. The highest BCUT2D eigenvalue weighted by atomic mass is 16.4. The Morgan fingerprint density at radius 1 is 1.41 bits per heavy atom. The molecule has 0 bridgehead atoms. The number of carboxylic acids is 1. The quantitative estimate of drug-likeness (QED) is 0.559. The lowest BCUT2D eigenvalue weighted by Gasteiger charge is -2.57. The maximum atomic E-state index is 11.9. The molecule has 0 heterocycles. The molecule has 0 aliphatic heterocycles. The number of carboxylic acid groups (broad SMARTS) is 1. The third-order valence-corrected chi connectivity index (χ3v) is 6.51. The zero-order chi connectivity index (χ0) is 16.5. The average molecular weight is 302 g/mol. The van der Waals surface area contributed by atoms with Gasteiger partial charge < -0.3 is 5.11 Å². The van der Waals surface area contributed by atoms with Crippen molar-refractivity contribution in [2.45, 2.75) is 59.3 Å². The second kappa shape index (κ2) is 6.06. The van der Waals surface area contributed by atoms with E-state index in [0.29, 0.717) is 5.92 Å². The first kappa shape index (κ1) is 17.1. The van der Waals surface area contributed by atoms with Gasteiger partial charge in [-0.15, -0.1) is 0 Å². The minimum absolute atomic E-state index is 0.0542. The molecule has 122 valence electrons. The molecule has 22 heavy (non-hydrogen) atoms. The molecule has 2 nitrogen and oxygen atoms in total. The Labute approximate surface area is 135 Å². The molecule has 0 unspecified atom stereocenters. The summed E-state index contributed by atoms with van der Waals surface area (Å²) in [4.78, 5) is 11.9. The monoisotopic (exact) mass is 302 g/mol. The van der Waals surface area contributed by atoms with Gasteiger partial charge in [-0.25, -0.2) is 0 Å². The lowest BCUT2D eigenvalue weighted by Crippen LogP contribution is -2.53. The van der Waals surface area contributed by atoms with Gasteiger partial charge in [0, 0.05) is 0 Å². The smallest absolute Gasteiger partial charge is 0.309 e. The summed E-state index contributed by atoms with van der Waals surface area (Å²) in [7, 11) is 0. The predicted molar refractivity (Wildman–Crippen MR) is 91.6 cm³/mol. The normalized spacial score (nSPS) is 39.2. The van der Waals surface area contributed by atoms with Crippen molar-refractivity contribution in [1.29, 1.82) is 0 Å². The average Bonchev–Trinajstić information content (AvgIpc) is 2.45. The summed E-state index contributed by atoms with van der Waals surface area (Å²) in [6, 6.07) is 0. The standard InChI is InChI=1S/C20H30O2/c1-6-14(2)8-10-16-15(3)9-11-17-19(16,4)12-7-13-20(17,5)18(21)22/h6,8,16-17H,1,3,7,9-13H2,2,4-5H3,(H,21,22)/b14-8+/t16-,17-,19-,20-/m1/s1. The Bertz CT molecular complexity index is 516. The third kappa shape index (κ3) is 2.68. The van der Waals surface area contributed by atoms with Crippen LogP contribution in [0.3, 0.4) is 0 Å². The highest BCUT2D eigenvalue weighted by molar-refractivity contribution is 5.75. The van der Waals surface area contributed by atoms with Crippen LogP contribution in [0.25, 0.3) is 0 Å². The van der Waals surface area contributed by atoms with E-state index in [4.69, 9.17) is 0 Å². The van der Waals surface area contributed by atoms with Crippen molar-refractivity contribution in [1.82, 2.24) is 0 Å². The van der Waals surface area contributed by atoms with Crippen molar-refractivity contribution in [3.05, 3.63) is 36.5 Å². The van der Waals surface area contributed by atoms with Gasteiger partial charge in [-0.3, -0.25) is 4.79 Å². The van der Waals surface area contributed by atoms with E-state index >= 15 is 0 Å². The Morgan fingerprint density at radius 3 is 2.68 bits per heavy atom. The first-order valence-corrected chi connectivity index (χ1v) is 8.46. The van der Waals surface area contributed by atoms with Crippen LogP contribution >= 0.6 is 0 Å². The summed E-state index contributed by atoms with van der Waals surface area (Å²) < 4.78 is 0. The topological polar surface area (TPSA) is 37.3 Å². The van der Waals surface area contributed by atoms with Crippen molar-refractivity contribution < 1.29 is 9.90 Å². The summed E-state index contributed by atoms with van der Waals surface area (Å²) in [5.74, 6) is 0.0202. The van der Waals surface area contributed by atoms with Gasteiger partial charge >= 0.3 is 5.97 Å². The minimum atomic E-state index is -0.618. The van der Waals surface area contributed by atoms with E-state index in [-0.39, 0.29) is 11.3 Å². The Balaban J connectivity index is 2.36. The Kier molecular flexibility index (Phi) is 4.70. The lowest BCUT2D eigenvalue weighted by molar-refractivity contribution is -0.164. The molecule has 2 rings (SSSR count). The minimum Gasteiger partial charge on any atom is -0.481 e. The summed E-state index contributed by atoms with van der Waals surface area (Å²) >= 11 is 0. The molecule has 2 saturated carbocycles. The number of allylic oxidation sites excluding steroid dienone is 4. The number of hydrogen-bond donors (Lipinski definition) is 1. The number of aliphatic carboxylic acids is 1. The first-order chi connectivity index (χ1) is 10.3. The summed E-state index contributed by atoms with van der Waals surface area (Å²) in [6.45, 7) is 14.5. The van der Waals surface area contributed by atoms with Crippen molar-refractivity contribution in [3.63, 3.8) is 0 Å². The fourth-order valence-corrected chi connectivity index (χ4v) is 5.03. The number of carbonyl (C=O) groups is 1. The van der Waals surface area contributed by atoms with Crippen molar-refractivity contribution in [2.24, 2.45) is 22.7 Å². The van der Waals surface area contributed by atoms with E-state index in [2.05, 4.69) is 33.1 Å². The molecular weight excluding hydrogens is 272 g/mol. The predicted octanol–water partition coefficient (Wildman–Crippen LogP) is 5.37. The van der Waals surface area contributed by atoms with E-state index in [1.165, 1.54) is 11.1 Å². The Morgan fingerprint density at radius 2 is 2.09 bits per heavy atom. The van der Waals surface area contributed by atoms with Crippen LogP contribution in [0.4, 0.5) is 0 Å². The molecule has 0 spiro atoms. The van der Waals surface area contributed by atoms with Crippen LogP contribution in [-0.4, -0.2) is 11.1 Å². The Hall–Kier alpha value is -1.31. The number of rotatable bonds is 4. The van der Waals surface area contributed by atoms with Crippen LogP contribution in [-0.2, 0) is 4.79 Å². The molecule has 0 radical (unpaired) electrons. The second-order valence-electron chi connectivity index (χ2n) is 7.77. The fourth-order valence-electron chi connectivity index (χ4n) is 5.03. The first-order valence-electron chi connectivity index (χ1n) is 8.46. The van der Waals surface area contributed by atoms with Crippen LogP contribution in [0.5, 0.6) is 0 Å². The highest BCUT2D eigenvalue weighted by Crippen LogP contribution is 2.61. The van der Waals surface area contributed by atoms with Gasteiger partial charge in [0.15, 0.2) is 0 Å². The molecule has 2 heteroatoms. The molecule has 0 aromatic rings. The van der Waals surface area contributed by atoms with E-state index < -0.39 is 11.4 Å². The summed E-state index contributed by atoms with van der Waals surface area (Å²) in [6.07, 6.45) is 9.95. The molecule has 2 aliphatic rings. The maximum Gasteiger partial charge on any atom is 0.309 e. The molecule has 0 aromatic carbocycles. The van der Waals surface area contributed by atoms with Gasteiger partial charge in [-0.1, -0.05) is 49.8 Å². The van der Waals surface area contributed by atoms with Gasteiger partial charge in [-0.2, -0.15) is 0 Å². The SMILES string of the molecule is C=C/C(C)=C/C[C@@H]1C(=C)CC[C@@H]2[C@]1(C)CCC[C@@]2(C)C(=O)O. The van der Waals surface area contributed by atoms with E-state index in [1.54, 1.807) is 0 Å². The molecule has 0 aromatic heterocycles.